The molecule has 3 rings (SSSR count). The lowest BCUT2D eigenvalue weighted by Crippen LogP contribution is -2.22. The molecule has 2 aromatic carbocycles. The third-order valence-electron chi connectivity index (χ3n) is 4.59. The maximum Gasteiger partial charge on any atom is 0.282 e. The van der Waals surface area contributed by atoms with E-state index in [1.165, 1.54) is 4.68 Å². The summed E-state index contributed by atoms with van der Waals surface area (Å²) in [4.78, 5) is 17.8. The largest absolute Gasteiger partial charge is 0.488 e. The van der Waals surface area contributed by atoms with E-state index in [4.69, 9.17) is 4.74 Å². The highest BCUT2D eigenvalue weighted by atomic mass is 79.9. The summed E-state index contributed by atoms with van der Waals surface area (Å²) >= 11 is 10.6. The summed E-state index contributed by atoms with van der Waals surface area (Å²) in [5.41, 5.74) is 1.32. The van der Waals surface area contributed by atoms with Gasteiger partial charge in [0.2, 0.25) is 0 Å². The van der Waals surface area contributed by atoms with Gasteiger partial charge in [0.05, 0.1) is 32.2 Å². The van der Waals surface area contributed by atoms with Gasteiger partial charge in [0.1, 0.15) is 11.6 Å². The van der Waals surface area contributed by atoms with Crippen LogP contribution in [0.2, 0.25) is 0 Å². The highest BCUT2D eigenvalue weighted by molar-refractivity contribution is 9.11. The molecule has 0 aliphatic rings. The van der Waals surface area contributed by atoms with E-state index in [1.807, 2.05) is 31.2 Å². The van der Waals surface area contributed by atoms with E-state index in [9.17, 15) is 4.79 Å². The minimum absolute atomic E-state index is 0.107. The van der Waals surface area contributed by atoms with Gasteiger partial charge in [-0.15, -0.1) is 0 Å². The van der Waals surface area contributed by atoms with Crippen molar-refractivity contribution >= 4 is 64.9 Å². The molecule has 0 bridgehead atoms. The highest BCUT2D eigenvalue weighted by Crippen LogP contribution is 2.35. The zero-order chi connectivity index (χ0) is 21.8. The van der Waals surface area contributed by atoms with Crippen LogP contribution in [-0.4, -0.2) is 22.0 Å². The monoisotopic (exact) mass is 597 g/mol. The molecular weight excluding hydrogens is 578 g/mol. The van der Waals surface area contributed by atoms with Gasteiger partial charge in [0.15, 0.2) is 0 Å². The molecule has 0 aliphatic heterocycles. The lowest BCUT2D eigenvalue weighted by atomic mass is 10.2. The molecule has 30 heavy (non-hydrogen) atoms. The van der Waals surface area contributed by atoms with Crippen LogP contribution in [0.15, 0.2) is 53.6 Å². The molecule has 0 N–H and O–H groups in total. The van der Waals surface area contributed by atoms with E-state index in [2.05, 4.69) is 71.7 Å². The number of aromatic nitrogens is 2. The van der Waals surface area contributed by atoms with Crippen LogP contribution in [0.3, 0.4) is 0 Å². The quantitative estimate of drug-likeness (QED) is 0.284. The molecule has 1 atom stereocenters. The van der Waals surface area contributed by atoms with Crippen LogP contribution in [0.25, 0.3) is 10.9 Å². The van der Waals surface area contributed by atoms with Crippen LogP contribution in [0, 0.1) is 0 Å². The van der Waals surface area contributed by atoms with Crippen molar-refractivity contribution in [3.63, 3.8) is 0 Å². The molecule has 0 amide bonds. The predicted octanol–water partition coefficient (Wildman–Crippen LogP) is 6.70. The first-order chi connectivity index (χ1) is 14.3. The summed E-state index contributed by atoms with van der Waals surface area (Å²) in [5, 5.41) is 5.01. The first-order valence-corrected chi connectivity index (χ1v) is 12.1. The minimum atomic E-state index is -0.184. The molecule has 8 heteroatoms. The summed E-state index contributed by atoms with van der Waals surface area (Å²) < 4.78 is 9.83. The molecule has 0 radical (unpaired) electrons. The molecule has 0 saturated carbocycles. The molecule has 0 unspecified atom stereocenters. The van der Waals surface area contributed by atoms with Gasteiger partial charge in [-0.25, -0.2) is 4.98 Å². The maximum atomic E-state index is 13.1. The molecule has 0 fully saturated rings. The lowest BCUT2D eigenvalue weighted by molar-refractivity contribution is 0.214. The first kappa shape index (κ1) is 23.2. The Balaban J connectivity index is 2.04. The Morgan fingerprint density at radius 3 is 2.50 bits per heavy atom. The van der Waals surface area contributed by atoms with Gasteiger partial charge in [-0.05, 0) is 87.5 Å². The molecule has 1 heterocycles. The number of hydrogen-bond donors (Lipinski definition) is 0. The summed E-state index contributed by atoms with van der Waals surface area (Å²) in [6.45, 7) is 6.16. The van der Waals surface area contributed by atoms with E-state index in [1.54, 1.807) is 12.3 Å². The Morgan fingerprint density at radius 2 is 1.87 bits per heavy atom. The Morgan fingerprint density at radius 1 is 1.17 bits per heavy atom. The van der Waals surface area contributed by atoms with Crippen LogP contribution >= 0.6 is 47.8 Å². The number of fused-ring (bicyclic) bond motifs is 1. The van der Waals surface area contributed by atoms with Crippen molar-refractivity contribution in [2.45, 2.75) is 46.1 Å². The highest BCUT2D eigenvalue weighted by Gasteiger charge is 2.13. The molecule has 0 aliphatic carbocycles. The number of hydrogen-bond acceptors (Lipinski definition) is 4. The van der Waals surface area contributed by atoms with Gasteiger partial charge in [0, 0.05) is 10.9 Å². The Hall–Kier alpha value is -1.51. The molecule has 5 nitrogen and oxygen atoms in total. The lowest BCUT2D eigenvalue weighted by Gasteiger charge is -2.16. The van der Waals surface area contributed by atoms with E-state index in [-0.39, 0.29) is 11.7 Å². The van der Waals surface area contributed by atoms with Gasteiger partial charge in [-0.3, -0.25) is 4.79 Å². The standard InChI is InChI=1S/C22H22Br3N3O2/c1-4-6-20-27-19-8-7-15(23)11-16(19)22(29)28(20)26-12-14-9-17(24)21(18(25)10-14)30-13(3)5-2/h7-13H,4-6H2,1-3H3/t13-/m1/s1. The average molecular weight is 600 g/mol. The van der Waals surface area contributed by atoms with Gasteiger partial charge >= 0.3 is 0 Å². The Bertz CT molecular complexity index is 1140. The summed E-state index contributed by atoms with van der Waals surface area (Å²) in [6, 6.07) is 9.35. The van der Waals surface area contributed by atoms with Gasteiger partial charge in [-0.1, -0.05) is 29.8 Å². The van der Waals surface area contributed by atoms with Crippen LogP contribution in [0.5, 0.6) is 5.75 Å². The van der Waals surface area contributed by atoms with E-state index in [0.717, 1.165) is 37.6 Å². The van der Waals surface area contributed by atoms with E-state index in [0.29, 0.717) is 23.1 Å². The maximum absolute atomic E-state index is 13.1. The van der Waals surface area contributed by atoms with Crippen LogP contribution in [0.1, 0.15) is 45.0 Å². The molecule has 3 aromatic rings. The van der Waals surface area contributed by atoms with E-state index < -0.39 is 0 Å². The van der Waals surface area contributed by atoms with Crippen molar-refractivity contribution in [3.8, 4) is 5.75 Å². The molecule has 1 aromatic heterocycles. The number of rotatable bonds is 7. The SMILES string of the molecule is CCCc1nc2ccc(Br)cc2c(=O)n1N=Cc1cc(Br)c(O[C@H](C)CC)c(Br)c1. The summed E-state index contributed by atoms with van der Waals surface area (Å²) in [7, 11) is 0. The zero-order valence-corrected chi connectivity index (χ0v) is 21.7. The number of halogens is 3. The molecule has 0 spiro atoms. The fourth-order valence-electron chi connectivity index (χ4n) is 2.87. The van der Waals surface area contributed by atoms with Gasteiger partial charge < -0.3 is 4.74 Å². The fourth-order valence-corrected chi connectivity index (χ4v) is 4.64. The van der Waals surface area contributed by atoms with Gasteiger partial charge in [-0.2, -0.15) is 9.78 Å². The Kier molecular flexibility index (Phi) is 7.87. The third kappa shape index (κ3) is 5.21. The predicted molar refractivity (Wildman–Crippen MR) is 133 cm³/mol. The first-order valence-electron chi connectivity index (χ1n) is 9.75. The zero-order valence-electron chi connectivity index (χ0n) is 17.0. The van der Waals surface area contributed by atoms with E-state index >= 15 is 0 Å². The van der Waals surface area contributed by atoms with Crippen molar-refractivity contribution in [1.29, 1.82) is 0 Å². The van der Waals surface area contributed by atoms with Crippen LogP contribution in [0.4, 0.5) is 0 Å². The second-order valence-electron chi connectivity index (χ2n) is 6.95. The van der Waals surface area contributed by atoms with Crippen molar-refractivity contribution in [2.24, 2.45) is 5.10 Å². The fraction of sp³-hybridized carbons (Fsp3) is 0.318. The van der Waals surface area contributed by atoms with Crippen LogP contribution in [-0.2, 0) is 6.42 Å². The van der Waals surface area contributed by atoms with Crippen molar-refractivity contribution in [2.75, 3.05) is 0 Å². The number of nitrogens with zero attached hydrogens (tertiary/aromatic N) is 3. The normalized spacial score (nSPS) is 12.6. The summed E-state index contributed by atoms with van der Waals surface area (Å²) in [5.74, 6) is 1.39. The van der Waals surface area contributed by atoms with Crippen molar-refractivity contribution < 1.29 is 4.74 Å². The average Bonchev–Trinajstić information content (AvgIpc) is 2.71. The minimum Gasteiger partial charge on any atom is -0.488 e. The third-order valence-corrected chi connectivity index (χ3v) is 6.26. The van der Waals surface area contributed by atoms with Crippen molar-refractivity contribution in [1.82, 2.24) is 9.66 Å². The summed E-state index contributed by atoms with van der Waals surface area (Å²) in [6.07, 6.45) is 4.21. The van der Waals surface area contributed by atoms with Crippen molar-refractivity contribution in [3.05, 3.63) is 65.5 Å². The topological polar surface area (TPSA) is 56.5 Å². The second kappa shape index (κ2) is 10.2. The number of benzene rings is 2. The molecular formula is C22H22Br3N3O2. The smallest absolute Gasteiger partial charge is 0.282 e. The molecule has 158 valence electrons. The second-order valence-corrected chi connectivity index (χ2v) is 9.58. The molecule has 0 saturated heterocycles. The number of ether oxygens (including phenoxy) is 1. The van der Waals surface area contributed by atoms with Gasteiger partial charge in [0.25, 0.3) is 5.56 Å². The Labute approximate surface area is 200 Å². The van der Waals surface area contributed by atoms with Crippen LogP contribution < -0.4 is 10.3 Å². The number of aryl methyl sites for hydroxylation is 1.